The Morgan fingerprint density at radius 1 is 1.07 bits per heavy atom. The largest absolute Gasteiger partial charge is 0.396 e. The lowest BCUT2D eigenvalue weighted by molar-refractivity contribution is 0.300. The van der Waals surface area contributed by atoms with E-state index in [1.54, 1.807) is 0 Å². The molecule has 0 heterocycles. The molecule has 1 N–H and O–H groups in total. The molecule has 74 valence electrons. The molecule has 0 fully saturated rings. The fourth-order valence-corrected chi connectivity index (χ4v) is 1.80. The third-order valence-electron chi connectivity index (χ3n) is 2.52. The van der Waals surface area contributed by atoms with Crippen LogP contribution in [-0.2, 0) is 6.42 Å². The number of hydrogen-bond donors (Lipinski definition) is 1. The van der Waals surface area contributed by atoms with Gasteiger partial charge < -0.3 is 5.11 Å². The third kappa shape index (κ3) is 1.70. The van der Waals surface area contributed by atoms with Gasteiger partial charge in [0.25, 0.3) is 0 Å². The molecule has 2 rings (SSSR count). The summed E-state index contributed by atoms with van der Waals surface area (Å²) in [5.41, 5.74) is 1.78. The van der Waals surface area contributed by atoms with Crippen LogP contribution in [0.15, 0.2) is 36.4 Å². The molecule has 15 heavy (non-hydrogen) atoms. The van der Waals surface area contributed by atoms with Crippen molar-refractivity contribution in [1.82, 2.24) is 0 Å². The molecule has 0 amide bonds. The molecule has 0 radical (unpaired) electrons. The quantitative estimate of drug-likeness (QED) is 0.802. The lowest BCUT2D eigenvalue weighted by Gasteiger charge is -2.06. The van der Waals surface area contributed by atoms with E-state index in [0.717, 1.165) is 16.3 Å². The molecule has 0 spiro atoms. The molecule has 0 saturated carbocycles. The molecule has 0 bridgehead atoms. The fourth-order valence-electron chi connectivity index (χ4n) is 1.80. The number of nitriles is 1. The predicted molar refractivity (Wildman–Crippen MR) is 59.5 cm³/mol. The maximum atomic E-state index is 8.96. The zero-order chi connectivity index (χ0) is 10.7. The van der Waals surface area contributed by atoms with Crippen molar-refractivity contribution >= 4 is 10.8 Å². The summed E-state index contributed by atoms with van der Waals surface area (Å²) in [4.78, 5) is 0. The molecule has 2 aromatic carbocycles. The lowest BCUT2D eigenvalue weighted by atomic mass is 9.98. The van der Waals surface area contributed by atoms with Crippen molar-refractivity contribution in [2.75, 3.05) is 6.61 Å². The summed E-state index contributed by atoms with van der Waals surface area (Å²) >= 11 is 0. The Labute approximate surface area is 88.4 Å². The van der Waals surface area contributed by atoms with Gasteiger partial charge in [0.15, 0.2) is 0 Å². The van der Waals surface area contributed by atoms with Gasteiger partial charge in [0.1, 0.15) is 0 Å². The van der Waals surface area contributed by atoms with Gasteiger partial charge in [-0.15, -0.1) is 0 Å². The van der Waals surface area contributed by atoms with Gasteiger partial charge in [0, 0.05) is 6.61 Å². The van der Waals surface area contributed by atoms with Gasteiger partial charge >= 0.3 is 0 Å². The Balaban J connectivity index is 2.73. The Hall–Kier alpha value is -1.85. The number of hydrogen-bond acceptors (Lipinski definition) is 2. The first-order chi connectivity index (χ1) is 7.36. The Morgan fingerprint density at radius 2 is 1.80 bits per heavy atom. The Kier molecular flexibility index (Phi) is 2.66. The molecule has 0 aromatic heterocycles. The molecule has 2 heteroatoms. The van der Waals surface area contributed by atoms with Crippen molar-refractivity contribution in [2.24, 2.45) is 0 Å². The van der Waals surface area contributed by atoms with E-state index in [4.69, 9.17) is 10.4 Å². The van der Waals surface area contributed by atoms with Gasteiger partial charge in [-0.3, -0.25) is 0 Å². The highest BCUT2D eigenvalue weighted by Crippen LogP contribution is 2.22. The zero-order valence-corrected chi connectivity index (χ0v) is 8.27. The van der Waals surface area contributed by atoms with Crippen LogP contribution in [0.2, 0.25) is 0 Å². The SMILES string of the molecule is N#Cc1ccc(CCO)c2ccccc12. The van der Waals surface area contributed by atoms with Crippen LogP contribution in [0, 0.1) is 11.3 Å². The molecule has 2 aromatic rings. The maximum absolute atomic E-state index is 8.96. The summed E-state index contributed by atoms with van der Waals surface area (Å²) in [6, 6.07) is 13.7. The fraction of sp³-hybridized carbons (Fsp3) is 0.154. The number of rotatable bonds is 2. The molecule has 2 nitrogen and oxygen atoms in total. The van der Waals surface area contributed by atoms with Crippen LogP contribution in [-0.4, -0.2) is 11.7 Å². The number of aliphatic hydroxyl groups is 1. The van der Waals surface area contributed by atoms with Gasteiger partial charge in [0.05, 0.1) is 11.6 Å². The molecule has 0 atom stereocenters. The second-order valence-corrected chi connectivity index (χ2v) is 3.40. The van der Waals surface area contributed by atoms with E-state index < -0.39 is 0 Å². The van der Waals surface area contributed by atoms with E-state index in [1.807, 2.05) is 36.4 Å². The van der Waals surface area contributed by atoms with E-state index in [2.05, 4.69) is 6.07 Å². The predicted octanol–water partition coefficient (Wildman–Crippen LogP) is 2.25. The van der Waals surface area contributed by atoms with E-state index >= 15 is 0 Å². The molecule has 0 saturated heterocycles. The minimum atomic E-state index is 0.135. The summed E-state index contributed by atoms with van der Waals surface area (Å²) < 4.78 is 0. The van der Waals surface area contributed by atoms with Crippen molar-refractivity contribution in [2.45, 2.75) is 6.42 Å². The summed E-state index contributed by atoms with van der Waals surface area (Å²) in [7, 11) is 0. The zero-order valence-electron chi connectivity index (χ0n) is 8.27. The maximum Gasteiger partial charge on any atom is 0.0998 e. The number of fused-ring (bicyclic) bond motifs is 1. The average Bonchev–Trinajstić information content (AvgIpc) is 2.30. The van der Waals surface area contributed by atoms with E-state index in [0.29, 0.717) is 12.0 Å². The van der Waals surface area contributed by atoms with Crippen molar-refractivity contribution < 1.29 is 5.11 Å². The second-order valence-electron chi connectivity index (χ2n) is 3.40. The Morgan fingerprint density at radius 3 is 2.47 bits per heavy atom. The second kappa shape index (κ2) is 4.12. The molecule has 0 aliphatic heterocycles. The normalized spacial score (nSPS) is 10.1. The highest BCUT2D eigenvalue weighted by molar-refractivity contribution is 5.90. The highest BCUT2D eigenvalue weighted by atomic mass is 16.2. The van der Waals surface area contributed by atoms with E-state index in [9.17, 15) is 0 Å². The summed E-state index contributed by atoms with van der Waals surface area (Å²) in [6.45, 7) is 0.135. The minimum absolute atomic E-state index is 0.135. The molecule has 0 unspecified atom stereocenters. The smallest absolute Gasteiger partial charge is 0.0998 e. The van der Waals surface area contributed by atoms with E-state index in [-0.39, 0.29) is 6.61 Å². The van der Waals surface area contributed by atoms with Gasteiger partial charge in [-0.2, -0.15) is 5.26 Å². The van der Waals surface area contributed by atoms with Crippen molar-refractivity contribution in [3.63, 3.8) is 0 Å². The molecular formula is C13H11NO. The minimum Gasteiger partial charge on any atom is -0.396 e. The summed E-state index contributed by atoms with van der Waals surface area (Å²) in [5, 5.41) is 19.9. The molecule has 0 aliphatic rings. The first-order valence-electron chi connectivity index (χ1n) is 4.88. The molecule has 0 aliphatic carbocycles. The van der Waals surface area contributed by atoms with Crippen molar-refractivity contribution in [1.29, 1.82) is 5.26 Å². The van der Waals surface area contributed by atoms with Crippen molar-refractivity contribution in [3.8, 4) is 6.07 Å². The average molecular weight is 197 g/mol. The van der Waals surface area contributed by atoms with E-state index in [1.165, 1.54) is 0 Å². The van der Waals surface area contributed by atoms with Crippen LogP contribution in [0.5, 0.6) is 0 Å². The topological polar surface area (TPSA) is 44.0 Å². The Bertz CT molecular complexity index is 526. The van der Waals surface area contributed by atoms with Crippen LogP contribution in [0.4, 0.5) is 0 Å². The summed E-state index contributed by atoms with van der Waals surface area (Å²) in [5.74, 6) is 0. The number of aliphatic hydroxyl groups excluding tert-OH is 1. The monoisotopic (exact) mass is 197 g/mol. The lowest BCUT2D eigenvalue weighted by Crippen LogP contribution is -1.93. The van der Waals surface area contributed by atoms with Gasteiger partial charge in [-0.1, -0.05) is 30.3 Å². The number of nitrogens with zero attached hydrogens (tertiary/aromatic N) is 1. The van der Waals surface area contributed by atoms with Gasteiger partial charge in [0.2, 0.25) is 0 Å². The first kappa shape index (κ1) is 9.70. The third-order valence-corrected chi connectivity index (χ3v) is 2.52. The van der Waals surface area contributed by atoms with Crippen LogP contribution >= 0.6 is 0 Å². The van der Waals surface area contributed by atoms with Crippen LogP contribution < -0.4 is 0 Å². The van der Waals surface area contributed by atoms with Crippen LogP contribution in [0.1, 0.15) is 11.1 Å². The van der Waals surface area contributed by atoms with Crippen molar-refractivity contribution in [3.05, 3.63) is 47.5 Å². The van der Waals surface area contributed by atoms with Gasteiger partial charge in [-0.05, 0) is 28.8 Å². The van der Waals surface area contributed by atoms with Crippen LogP contribution in [0.25, 0.3) is 10.8 Å². The number of benzene rings is 2. The molecular weight excluding hydrogens is 186 g/mol. The van der Waals surface area contributed by atoms with Crippen LogP contribution in [0.3, 0.4) is 0 Å². The highest BCUT2D eigenvalue weighted by Gasteiger charge is 2.04. The first-order valence-corrected chi connectivity index (χ1v) is 4.88. The summed E-state index contributed by atoms with van der Waals surface area (Å²) in [6.07, 6.45) is 0.631. The van der Waals surface area contributed by atoms with Gasteiger partial charge in [-0.25, -0.2) is 0 Å². The standard InChI is InChI=1S/C13H11NO/c14-9-11-6-5-10(7-8-15)12-3-1-2-4-13(11)12/h1-6,15H,7-8H2.